The Balaban J connectivity index is 0.000000340. The molecule has 0 aliphatic rings. The van der Waals surface area contributed by atoms with E-state index in [0.717, 1.165) is 45.0 Å². The predicted molar refractivity (Wildman–Crippen MR) is 146 cm³/mol. The molecular weight excluding hydrogens is 416 g/mol. The van der Waals surface area contributed by atoms with Gasteiger partial charge in [-0.1, -0.05) is 118 Å². The van der Waals surface area contributed by atoms with E-state index in [1.807, 2.05) is 18.2 Å². The SMILES string of the molecule is CCCC(CC)CNCCOC(c1ccccc1)c1ccccc1.NCCCc1ccccc1. The number of aryl methyl sites for hydroxylation is 1. The van der Waals surface area contributed by atoms with Crippen LogP contribution in [0.2, 0.25) is 0 Å². The summed E-state index contributed by atoms with van der Waals surface area (Å²) >= 11 is 0. The highest BCUT2D eigenvalue weighted by Crippen LogP contribution is 2.25. The zero-order valence-electron chi connectivity index (χ0n) is 21.2. The minimum atomic E-state index is 0.00631. The van der Waals surface area contributed by atoms with Crippen molar-refractivity contribution in [1.82, 2.24) is 5.32 Å². The van der Waals surface area contributed by atoms with E-state index in [1.165, 1.54) is 36.0 Å². The van der Waals surface area contributed by atoms with Gasteiger partial charge in [0, 0.05) is 6.54 Å². The minimum Gasteiger partial charge on any atom is -0.367 e. The van der Waals surface area contributed by atoms with E-state index < -0.39 is 0 Å². The minimum absolute atomic E-state index is 0.00631. The quantitative estimate of drug-likeness (QED) is 0.260. The van der Waals surface area contributed by atoms with Gasteiger partial charge in [0.2, 0.25) is 0 Å². The van der Waals surface area contributed by atoms with Crippen molar-refractivity contribution in [2.24, 2.45) is 11.7 Å². The van der Waals surface area contributed by atoms with Crippen LogP contribution in [0.1, 0.15) is 62.3 Å². The van der Waals surface area contributed by atoms with Crippen molar-refractivity contribution >= 4 is 0 Å². The highest BCUT2D eigenvalue weighted by atomic mass is 16.5. The fourth-order valence-corrected chi connectivity index (χ4v) is 4.01. The molecule has 3 nitrogen and oxygen atoms in total. The first-order chi connectivity index (χ1) is 16.8. The third kappa shape index (κ3) is 11.1. The Hall–Kier alpha value is -2.46. The van der Waals surface area contributed by atoms with Crippen molar-refractivity contribution in [1.29, 1.82) is 0 Å². The third-order valence-corrected chi connectivity index (χ3v) is 5.99. The molecule has 1 unspecified atom stereocenters. The molecular formula is C31H44N2O. The first kappa shape index (κ1) is 27.8. The molecule has 0 heterocycles. The number of nitrogens with one attached hydrogen (secondary N) is 1. The maximum absolute atomic E-state index is 6.23. The van der Waals surface area contributed by atoms with Gasteiger partial charge in [-0.05, 0) is 55.0 Å². The van der Waals surface area contributed by atoms with Gasteiger partial charge in [-0.25, -0.2) is 0 Å². The van der Waals surface area contributed by atoms with E-state index in [0.29, 0.717) is 0 Å². The molecule has 34 heavy (non-hydrogen) atoms. The van der Waals surface area contributed by atoms with Crippen LogP contribution in [0.4, 0.5) is 0 Å². The van der Waals surface area contributed by atoms with Crippen LogP contribution in [0.15, 0.2) is 91.0 Å². The van der Waals surface area contributed by atoms with E-state index in [9.17, 15) is 0 Å². The molecule has 3 aromatic rings. The van der Waals surface area contributed by atoms with Crippen LogP contribution in [-0.4, -0.2) is 26.2 Å². The van der Waals surface area contributed by atoms with Gasteiger partial charge in [0.25, 0.3) is 0 Å². The van der Waals surface area contributed by atoms with E-state index in [4.69, 9.17) is 10.5 Å². The second-order valence-corrected chi connectivity index (χ2v) is 8.72. The maximum atomic E-state index is 6.23. The lowest BCUT2D eigenvalue weighted by molar-refractivity contribution is 0.0815. The maximum Gasteiger partial charge on any atom is 0.108 e. The molecule has 0 fully saturated rings. The summed E-state index contributed by atoms with van der Waals surface area (Å²) < 4.78 is 6.23. The Morgan fingerprint density at radius 1 is 0.794 bits per heavy atom. The summed E-state index contributed by atoms with van der Waals surface area (Å²) in [7, 11) is 0. The number of hydrogen-bond acceptors (Lipinski definition) is 3. The lowest BCUT2D eigenvalue weighted by Gasteiger charge is -2.20. The van der Waals surface area contributed by atoms with Gasteiger partial charge >= 0.3 is 0 Å². The van der Waals surface area contributed by atoms with Crippen LogP contribution >= 0.6 is 0 Å². The van der Waals surface area contributed by atoms with E-state index in [1.54, 1.807) is 0 Å². The molecule has 3 heteroatoms. The van der Waals surface area contributed by atoms with Gasteiger partial charge in [0.15, 0.2) is 0 Å². The molecule has 0 aromatic heterocycles. The summed E-state index contributed by atoms with van der Waals surface area (Å²) in [5.41, 5.74) is 9.18. The predicted octanol–water partition coefficient (Wildman–Crippen LogP) is 6.79. The van der Waals surface area contributed by atoms with Gasteiger partial charge in [0.1, 0.15) is 6.10 Å². The van der Waals surface area contributed by atoms with Gasteiger partial charge in [-0.3, -0.25) is 0 Å². The molecule has 0 saturated carbocycles. The lowest BCUT2D eigenvalue weighted by Crippen LogP contribution is -2.26. The van der Waals surface area contributed by atoms with Crippen molar-refractivity contribution in [2.45, 2.75) is 52.1 Å². The van der Waals surface area contributed by atoms with Crippen LogP contribution < -0.4 is 11.1 Å². The van der Waals surface area contributed by atoms with Crippen molar-refractivity contribution < 1.29 is 4.74 Å². The van der Waals surface area contributed by atoms with Gasteiger partial charge in [0.05, 0.1) is 6.61 Å². The van der Waals surface area contributed by atoms with Crippen LogP contribution in [0.3, 0.4) is 0 Å². The molecule has 3 aromatic carbocycles. The van der Waals surface area contributed by atoms with Crippen LogP contribution in [0.25, 0.3) is 0 Å². The highest BCUT2D eigenvalue weighted by Gasteiger charge is 2.14. The van der Waals surface area contributed by atoms with Crippen LogP contribution in [0, 0.1) is 5.92 Å². The summed E-state index contributed by atoms with van der Waals surface area (Å²) in [6.07, 6.45) is 6.02. The number of nitrogens with two attached hydrogens (primary N) is 1. The number of ether oxygens (including phenoxy) is 1. The van der Waals surface area contributed by atoms with Gasteiger partial charge < -0.3 is 15.8 Å². The average molecular weight is 461 g/mol. The van der Waals surface area contributed by atoms with Crippen molar-refractivity contribution in [3.8, 4) is 0 Å². The lowest BCUT2D eigenvalue weighted by atomic mass is 10.0. The number of hydrogen-bond donors (Lipinski definition) is 2. The second kappa shape index (κ2) is 17.9. The Labute approximate surface area is 207 Å². The topological polar surface area (TPSA) is 47.3 Å². The summed E-state index contributed by atoms with van der Waals surface area (Å²) in [6, 6.07) is 31.4. The second-order valence-electron chi connectivity index (χ2n) is 8.72. The Morgan fingerprint density at radius 3 is 1.85 bits per heavy atom. The molecule has 0 saturated heterocycles. The number of rotatable bonds is 14. The molecule has 0 bridgehead atoms. The molecule has 3 N–H and O–H groups in total. The summed E-state index contributed by atoms with van der Waals surface area (Å²) in [5, 5.41) is 3.55. The first-order valence-electron chi connectivity index (χ1n) is 12.9. The molecule has 0 radical (unpaired) electrons. The molecule has 1 atom stereocenters. The van der Waals surface area contributed by atoms with Crippen LogP contribution in [-0.2, 0) is 11.2 Å². The number of benzene rings is 3. The monoisotopic (exact) mass is 460 g/mol. The summed E-state index contributed by atoms with van der Waals surface area (Å²) in [5.74, 6) is 0.786. The fourth-order valence-electron chi connectivity index (χ4n) is 4.01. The van der Waals surface area contributed by atoms with Gasteiger partial charge in [-0.15, -0.1) is 0 Å². The Morgan fingerprint density at radius 2 is 1.35 bits per heavy atom. The smallest absolute Gasteiger partial charge is 0.108 e. The molecule has 0 aliphatic carbocycles. The van der Waals surface area contributed by atoms with E-state index >= 15 is 0 Å². The Kier molecular flexibility index (Phi) is 14.7. The van der Waals surface area contributed by atoms with Crippen molar-refractivity contribution in [2.75, 3.05) is 26.2 Å². The summed E-state index contributed by atoms with van der Waals surface area (Å²) in [6.45, 7) is 8.03. The first-order valence-corrected chi connectivity index (χ1v) is 12.9. The largest absolute Gasteiger partial charge is 0.367 e. The zero-order valence-corrected chi connectivity index (χ0v) is 21.2. The molecule has 0 spiro atoms. The zero-order chi connectivity index (χ0) is 24.3. The third-order valence-electron chi connectivity index (χ3n) is 5.99. The average Bonchev–Trinajstić information content (AvgIpc) is 2.91. The van der Waals surface area contributed by atoms with Crippen LogP contribution in [0.5, 0.6) is 0 Å². The summed E-state index contributed by atoms with van der Waals surface area (Å²) in [4.78, 5) is 0. The normalized spacial score (nSPS) is 11.6. The molecule has 3 rings (SSSR count). The van der Waals surface area contributed by atoms with E-state index in [2.05, 4.69) is 92.0 Å². The highest BCUT2D eigenvalue weighted by molar-refractivity contribution is 5.29. The fraction of sp³-hybridized carbons (Fsp3) is 0.419. The van der Waals surface area contributed by atoms with Crippen molar-refractivity contribution in [3.63, 3.8) is 0 Å². The Bertz CT molecular complexity index is 800. The molecule has 184 valence electrons. The standard InChI is InChI=1S/C22H31NO.C9H13N/c1-3-11-19(4-2)18-23-16-17-24-22(20-12-7-5-8-13-20)21-14-9-6-10-15-21;10-8-4-7-9-5-2-1-3-6-9/h5-10,12-15,19,22-23H,3-4,11,16-18H2,1-2H3;1-3,5-6H,4,7-8,10H2. The molecule has 0 aliphatic heterocycles. The van der Waals surface area contributed by atoms with Crippen molar-refractivity contribution in [3.05, 3.63) is 108 Å². The molecule has 0 amide bonds. The van der Waals surface area contributed by atoms with E-state index in [-0.39, 0.29) is 6.10 Å². The van der Waals surface area contributed by atoms with Gasteiger partial charge in [-0.2, -0.15) is 0 Å².